The summed E-state index contributed by atoms with van der Waals surface area (Å²) in [5, 5.41) is 5.89. The van der Waals surface area contributed by atoms with Crippen molar-refractivity contribution in [3.63, 3.8) is 0 Å². The van der Waals surface area contributed by atoms with Crippen LogP contribution in [-0.4, -0.2) is 22.4 Å². The molecule has 0 atom stereocenters. The Balaban J connectivity index is 2.10. The third-order valence-corrected chi connectivity index (χ3v) is 4.08. The molecule has 0 fully saturated rings. The van der Waals surface area contributed by atoms with E-state index >= 15 is 4.39 Å². The third-order valence-electron chi connectivity index (χ3n) is 4.08. The molecule has 130 valence electrons. The predicted molar refractivity (Wildman–Crippen MR) is 97.9 cm³/mol. The van der Waals surface area contributed by atoms with Crippen LogP contribution in [-0.2, 0) is 0 Å². The zero-order chi connectivity index (χ0) is 18.0. The Kier molecular flexibility index (Phi) is 4.70. The number of imidazole rings is 1. The molecule has 0 spiro atoms. The zero-order valence-corrected chi connectivity index (χ0v) is 14.5. The number of rotatable bonds is 5. The van der Waals surface area contributed by atoms with Gasteiger partial charge in [0.2, 0.25) is 0 Å². The van der Waals surface area contributed by atoms with E-state index in [1.54, 1.807) is 6.07 Å². The second-order valence-corrected chi connectivity index (χ2v) is 6.11. The van der Waals surface area contributed by atoms with Crippen LogP contribution in [0.4, 0.5) is 15.8 Å². The van der Waals surface area contributed by atoms with Crippen LogP contribution in [0.2, 0.25) is 0 Å². The van der Waals surface area contributed by atoms with Crippen molar-refractivity contribution in [2.75, 3.05) is 11.9 Å². The maximum Gasteiger partial charge on any atom is 0.253 e. The second-order valence-electron chi connectivity index (χ2n) is 6.11. The lowest BCUT2D eigenvalue weighted by molar-refractivity contribution is 0.0954. The van der Waals surface area contributed by atoms with Gasteiger partial charge in [0.1, 0.15) is 5.52 Å². The Labute approximate surface area is 145 Å². The molecule has 0 unspecified atom stereocenters. The number of nitrogens with one attached hydrogen (secondary N) is 3. The number of amides is 1. The summed E-state index contributed by atoms with van der Waals surface area (Å²) < 4.78 is 15.0. The number of halogens is 1. The molecule has 2 aromatic carbocycles. The van der Waals surface area contributed by atoms with Crippen molar-refractivity contribution in [2.24, 2.45) is 0 Å². The Bertz CT molecular complexity index is 933. The van der Waals surface area contributed by atoms with Gasteiger partial charge in [0, 0.05) is 12.2 Å². The lowest BCUT2D eigenvalue weighted by Gasteiger charge is -2.15. The standard InChI is InChI=1S/C19H21FN4O/c1-4-7-21-19(25)13-9-15-18(23-10-22-15)16(20)17(13)24-14-6-5-11(2)8-12(14)3/h5-6,8-10,24H,4,7H2,1-3H3,(H,21,25)(H,22,23). The first-order chi connectivity index (χ1) is 12.0. The number of carbonyl (C=O) groups is 1. The van der Waals surface area contributed by atoms with E-state index < -0.39 is 5.82 Å². The number of aromatic amines is 1. The summed E-state index contributed by atoms with van der Waals surface area (Å²) in [4.78, 5) is 19.4. The average Bonchev–Trinajstić information content (AvgIpc) is 3.05. The number of anilines is 2. The van der Waals surface area contributed by atoms with E-state index in [1.165, 1.54) is 6.33 Å². The molecule has 1 heterocycles. The summed E-state index contributed by atoms with van der Waals surface area (Å²) in [6.45, 7) is 6.44. The number of nitrogens with zero attached hydrogens (tertiary/aromatic N) is 1. The zero-order valence-electron chi connectivity index (χ0n) is 14.5. The molecule has 3 aromatic rings. The van der Waals surface area contributed by atoms with Crippen LogP contribution in [0.5, 0.6) is 0 Å². The molecule has 0 aliphatic carbocycles. The lowest BCUT2D eigenvalue weighted by atomic mass is 10.1. The SMILES string of the molecule is CCCNC(=O)c1cc2[nH]cnc2c(F)c1Nc1ccc(C)cc1C. The van der Waals surface area contributed by atoms with Gasteiger partial charge in [-0.05, 0) is 38.0 Å². The van der Waals surface area contributed by atoms with Gasteiger partial charge in [0.05, 0.1) is 23.1 Å². The molecule has 0 saturated heterocycles. The first kappa shape index (κ1) is 17.0. The molecule has 3 N–H and O–H groups in total. The third kappa shape index (κ3) is 3.33. The number of benzene rings is 2. The van der Waals surface area contributed by atoms with Gasteiger partial charge in [-0.1, -0.05) is 24.6 Å². The van der Waals surface area contributed by atoms with Crippen molar-refractivity contribution in [1.29, 1.82) is 0 Å². The van der Waals surface area contributed by atoms with Crippen molar-refractivity contribution in [3.8, 4) is 0 Å². The van der Waals surface area contributed by atoms with Crippen LogP contribution >= 0.6 is 0 Å². The number of H-pyrrole nitrogens is 1. The normalized spacial score (nSPS) is 10.9. The summed E-state index contributed by atoms with van der Waals surface area (Å²) in [7, 11) is 0. The van der Waals surface area contributed by atoms with Crippen LogP contribution < -0.4 is 10.6 Å². The molecular weight excluding hydrogens is 319 g/mol. The minimum Gasteiger partial charge on any atom is -0.352 e. The number of carbonyl (C=O) groups excluding carboxylic acids is 1. The summed E-state index contributed by atoms with van der Waals surface area (Å²) in [6.07, 6.45) is 2.22. The monoisotopic (exact) mass is 340 g/mol. The molecule has 0 aliphatic rings. The van der Waals surface area contributed by atoms with Gasteiger partial charge >= 0.3 is 0 Å². The number of fused-ring (bicyclic) bond motifs is 1. The number of aromatic nitrogens is 2. The fourth-order valence-corrected chi connectivity index (χ4v) is 2.77. The summed E-state index contributed by atoms with van der Waals surface area (Å²) in [6, 6.07) is 7.45. The highest BCUT2D eigenvalue weighted by atomic mass is 19.1. The van der Waals surface area contributed by atoms with Crippen LogP contribution in [0.3, 0.4) is 0 Å². The smallest absolute Gasteiger partial charge is 0.253 e. The largest absolute Gasteiger partial charge is 0.352 e. The van der Waals surface area contributed by atoms with Crippen molar-refractivity contribution >= 4 is 28.3 Å². The Morgan fingerprint density at radius 3 is 2.80 bits per heavy atom. The lowest BCUT2D eigenvalue weighted by Crippen LogP contribution is -2.25. The van der Waals surface area contributed by atoms with Crippen LogP contribution in [0.1, 0.15) is 34.8 Å². The first-order valence-electron chi connectivity index (χ1n) is 8.29. The highest BCUT2D eigenvalue weighted by Gasteiger charge is 2.20. The minimum absolute atomic E-state index is 0.139. The topological polar surface area (TPSA) is 69.8 Å². The van der Waals surface area contributed by atoms with E-state index in [1.807, 2.05) is 39.0 Å². The van der Waals surface area contributed by atoms with Crippen LogP contribution in [0, 0.1) is 19.7 Å². The predicted octanol–water partition coefficient (Wildman–Crippen LogP) is 4.20. The molecule has 0 saturated carbocycles. The Morgan fingerprint density at radius 1 is 1.28 bits per heavy atom. The van der Waals surface area contributed by atoms with Crippen LogP contribution in [0.15, 0.2) is 30.6 Å². The quantitative estimate of drug-likeness (QED) is 0.652. The molecule has 1 amide bonds. The van der Waals surface area contributed by atoms with Gasteiger partial charge in [-0.3, -0.25) is 4.79 Å². The molecule has 1 aromatic heterocycles. The summed E-state index contributed by atoms with van der Waals surface area (Å²) >= 11 is 0. The Hall–Kier alpha value is -2.89. The van der Waals surface area contributed by atoms with Gasteiger partial charge in [-0.25, -0.2) is 9.37 Å². The van der Waals surface area contributed by atoms with E-state index in [2.05, 4.69) is 20.6 Å². The minimum atomic E-state index is -0.541. The van der Waals surface area contributed by atoms with Crippen LogP contribution in [0.25, 0.3) is 11.0 Å². The van der Waals surface area contributed by atoms with Gasteiger partial charge < -0.3 is 15.6 Å². The molecule has 0 radical (unpaired) electrons. The highest BCUT2D eigenvalue weighted by Crippen LogP contribution is 2.31. The highest BCUT2D eigenvalue weighted by molar-refractivity contribution is 6.04. The van der Waals surface area contributed by atoms with Crippen molar-refractivity contribution < 1.29 is 9.18 Å². The van der Waals surface area contributed by atoms with Crippen molar-refractivity contribution in [2.45, 2.75) is 27.2 Å². The summed E-state index contributed by atoms with van der Waals surface area (Å²) in [5.74, 6) is -0.857. The molecule has 0 bridgehead atoms. The molecule has 25 heavy (non-hydrogen) atoms. The maximum absolute atomic E-state index is 15.0. The molecular formula is C19H21FN4O. The number of hydrogen-bond acceptors (Lipinski definition) is 3. The summed E-state index contributed by atoms with van der Waals surface area (Å²) in [5.41, 5.74) is 3.94. The van der Waals surface area contributed by atoms with Crippen molar-refractivity contribution in [3.05, 3.63) is 53.1 Å². The first-order valence-corrected chi connectivity index (χ1v) is 8.29. The van der Waals surface area contributed by atoms with E-state index in [0.717, 1.165) is 23.2 Å². The van der Waals surface area contributed by atoms with Gasteiger partial charge in [-0.2, -0.15) is 0 Å². The Morgan fingerprint density at radius 2 is 2.08 bits per heavy atom. The fraction of sp³-hybridized carbons (Fsp3) is 0.263. The fourth-order valence-electron chi connectivity index (χ4n) is 2.77. The van der Waals surface area contributed by atoms with E-state index in [0.29, 0.717) is 12.1 Å². The van der Waals surface area contributed by atoms with Crippen molar-refractivity contribution in [1.82, 2.24) is 15.3 Å². The maximum atomic E-state index is 15.0. The number of hydrogen-bond donors (Lipinski definition) is 3. The van der Waals surface area contributed by atoms with Gasteiger partial charge in [-0.15, -0.1) is 0 Å². The van der Waals surface area contributed by atoms with E-state index in [4.69, 9.17) is 0 Å². The van der Waals surface area contributed by atoms with E-state index in [9.17, 15) is 4.79 Å². The molecule has 5 nitrogen and oxygen atoms in total. The number of aryl methyl sites for hydroxylation is 2. The van der Waals surface area contributed by atoms with Gasteiger partial charge in [0.15, 0.2) is 5.82 Å². The molecule has 3 rings (SSSR count). The second kappa shape index (κ2) is 6.93. The van der Waals surface area contributed by atoms with E-state index in [-0.39, 0.29) is 22.7 Å². The molecule has 6 heteroatoms. The average molecular weight is 340 g/mol. The van der Waals surface area contributed by atoms with Gasteiger partial charge in [0.25, 0.3) is 5.91 Å². The molecule has 0 aliphatic heterocycles.